The number of fused-ring (bicyclic) bond motifs is 1. The van der Waals surface area contributed by atoms with Gasteiger partial charge in [-0.3, -0.25) is 4.79 Å². The minimum absolute atomic E-state index is 0.230. The number of hydrogen-bond acceptors (Lipinski definition) is 6. The first-order valence-electron chi connectivity index (χ1n) is 13.2. The predicted octanol–water partition coefficient (Wildman–Crippen LogP) is 7.04. The Balaban J connectivity index is 1.42. The van der Waals surface area contributed by atoms with Crippen LogP contribution < -0.4 is 10.5 Å². The molecule has 2 heterocycles. The first-order chi connectivity index (χ1) is 20.0. The number of ether oxygens (including phenoxy) is 2. The van der Waals surface area contributed by atoms with Gasteiger partial charge in [0.05, 0.1) is 46.9 Å². The van der Waals surface area contributed by atoms with Crippen molar-refractivity contribution in [2.24, 2.45) is 0 Å². The minimum Gasteiger partial charge on any atom is -0.457 e. The Labute approximate surface area is 255 Å². The van der Waals surface area contributed by atoms with Crippen molar-refractivity contribution in [3.05, 3.63) is 99.8 Å². The fourth-order valence-corrected chi connectivity index (χ4v) is 5.59. The van der Waals surface area contributed by atoms with Crippen LogP contribution in [0.25, 0.3) is 16.6 Å². The number of nitrogens with zero attached hydrogens (tertiary/aromatic N) is 4. The van der Waals surface area contributed by atoms with Gasteiger partial charge in [0.25, 0.3) is 0 Å². The summed E-state index contributed by atoms with van der Waals surface area (Å²) >= 11 is 3.53. The van der Waals surface area contributed by atoms with Crippen LogP contribution in [0, 0.1) is 18.3 Å². The Morgan fingerprint density at radius 3 is 2.60 bits per heavy atom. The summed E-state index contributed by atoms with van der Waals surface area (Å²) in [5.41, 5.74) is 10.3. The van der Waals surface area contributed by atoms with E-state index in [1.165, 1.54) is 6.20 Å². The molecule has 5 aromatic rings. The molecule has 2 aromatic heterocycles. The molecule has 0 saturated carbocycles. The number of halogens is 1. The highest BCUT2D eigenvalue weighted by molar-refractivity contribution is 9.10. The molecule has 0 fully saturated rings. The summed E-state index contributed by atoms with van der Waals surface area (Å²) in [5, 5.41) is 14.6. The van der Waals surface area contributed by atoms with Crippen LogP contribution in [0.5, 0.6) is 11.5 Å². The zero-order valence-corrected chi connectivity index (χ0v) is 26.3. The lowest BCUT2D eigenvalue weighted by Crippen LogP contribution is -2.15. The van der Waals surface area contributed by atoms with Gasteiger partial charge in [0.15, 0.2) is 0 Å². The number of ketones is 1. The van der Waals surface area contributed by atoms with Crippen molar-refractivity contribution >= 4 is 48.5 Å². The number of carbonyl (C=O) groups is 1. The van der Waals surface area contributed by atoms with E-state index in [2.05, 4.69) is 45.9 Å². The van der Waals surface area contributed by atoms with Gasteiger partial charge in [-0.25, -0.2) is 14.7 Å². The molecule has 216 valence electrons. The van der Waals surface area contributed by atoms with Crippen LogP contribution in [0.2, 0.25) is 0 Å². The third-order valence-electron chi connectivity index (χ3n) is 6.80. The third-order valence-corrected chi connectivity index (χ3v) is 8.69. The van der Waals surface area contributed by atoms with E-state index in [0.717, 1.165) is 32.4 Å². The summed E-state index contributed by atoms with van der Waals surface area (Å²) in [6.07, 6.45) is 8.28. The van der Waals surface area contributed by atoms with Crippen molar-refractivity contribution in [1.29, 1.82) is 5.26 Å². The number of rotatable bonds is 10. The smallest absolute Gasteiger partial charge is 0.214 e. The molecule has 0 unspecified atom stereocenters. The van der Waals surface area contributed by atoms with E-state index in [1.807, 2.05) is 47.9 Å². The quantitative estimate of drug-likeness (QED) is 0.129. The zero-order chi connectivity index (χ0) is 30.0. The van der Waals surface area contributed by atoms with Gasteiger partial charge in [-0.1, -0.05) is 22.0 Å². The highest BCUT2D eigenvalue weighted by Gasteiger charge is 2.23. The molecule has 5 rings (SSSR count). The number of nitrogens with two attached hydrogens (primary N) is 1. The Hall–Kier alpha value is -4.04. The maximum atomic E-state index is 13.9. The number of aromatic nitrogens is 3. The molecule has 0 bridgehead atoms. The fourth-order valence-electron chi connectivity index (χ4n) is 4.59. The second kappa shape index (κ2) is 12.1. The molecule has 10 heteroatoms. The van der Waals surface area contributed by atoms with Crippen LogP contribution in [0.3, 0.4) is 0 Å². The van der Waals surface area contributed by atoms with E-state index in [0.29, 0.717) is 34.9 Å². The molecule has 2 N–H and O–H groups in total. The van der Waals surface area contributed by atoms with Gasteiger partial charge < -0.3 is 19.8 Å². The van der Waals surface area contributed by atoms with Crippen molar-refractivity contribution in [2.45, 2.75) is 13.7 Å². The fraction of sp³-hybridized carbons (Fsp3) is 0.219. The summed E-state index contributed by atoms with van der Waals surface area (Å²) < 4.78 is 16.4. The van der Waals surface area contributed by atoms with Crippen molar-refractivity contribution in [3.63, 3.8) is 0 Å². The van der Waals surface area contributed by atoms with E-state index in [1.54, 1.807) is 35.0 Å². The van der Waals surface area contributed by atoms with Gasteiger partial charge in [0.2, 0.25) is 5.78 Å². The molecule has 0 radical (unpaired) electrons. The maximum Gasteiger partial charge on any atom is 0.214 e. The number of benzene rings is 3. The summed E-state index contributed by atoms with van der Waals surface area (Å²) in [7, 11) is -0.692. The highest BCUT2D eigenvalue weighted by atomic mass is 79.9. The SMILES string of the molecule is Cc1cc(Oc2cccc(C#N)c2)ccc1-n1ncc(C(=O)c2cc3cc(Br)ccc3n2COCCS(C)(C)C)c1N. The third kappa shape index (κ3) is 6.39. The van der Waals surface area contributed by atoms with Crippen LogP contribution in [0.15, 0.2) is 77.4 Å². The number of nitriles is 1. The van der Waals surface area contributed by atoms with Crippen LogP contribution in [-0.4, -0.2) is 51.3 Å². The Kier molecular flexibility index (Phi) is 8.45. The standard InChI is InChI=1S/C32H32BrN5O3S/c1-21-14-26(41-25-7-5-6-22(15-25)18-34)9-11-28(21)38-32(35)27(19-36-38)31(39)30-17-23-16-24(33)8-10-29(23)37(30)20-40-12-13-42(2,3)4/h5-11,14-17,19H,12-13,20,35H2,1-4H3. The van der Waals surface area contributed by atoms with Crippen LogP contribution in [-0.2, 0) is 11.5 Å². The van der Waals surface area contributed by atoms with Gasteiger partial charge in [-0.2, -0.15) is 10.4 Å². The molecule has 3 aromatic carbocycles. The van der Waals surface area contributed by atoms with Crippen LogP contribution >= 0.6 is 26.0 Å². The lowest BCUT2D eigenvalue weighted by Gasteiger charge is -2.24. The van der Waals surface area contributed by atoms with Gasteiger partial charge in [-0.15, -0.1) is 0 Å². The van der Waals surface area contributed by atoms with Crippen molar-refractivity contribution < 1.29 is 14.3 Å². The molecule has 8 nitrogen and oxygen atoms in total. The summed E-state index contributed by atoms with van der Waals surface area (Å²) in [5.74, 6) is 2.17. The topological polar surface area (TPSA) is 108 Å². The first-order valence-corrected chi connectivity index (χ1v) is 17.1. The molecular formula is C32H32BrN5O3S. The largest absolute Gasteiger partial charge is 0.457 e. The number of hydrogen-bond donors (Lipinski definition) is 1. The van der Waals surface area contributed by atoms with Crippen molar-refractivity contribution in [3.8, 4) is 23.3 Å². The Morgan fingerprint density at radius 1 is 1.07 bits per heavy atom. The van der Waals surface area contributed by atoms with E-state index in [4.69, 9.17) is 20.5 Å². The van der Waals surface area contributed by atoms with E-state index < -0.39 is 10.0 Å². The molecule has 0 aliphatic heterocycles. The van der Waals surface area contributed by atoms with Gasteiger partial charge in [0, 0.05) is 15.6 Å². The Bertz CT molecular complexity index is 1830. The monoisotopic (exact) mass is 645 g/mol. The Morgan fingerprint density at radius 2 is 1.86 bits per heavy atom. The predicted molar refractivity (Wildman–Crippen MR) is 173 cm³/mol. The lowest BCUT2D eigenvalue weighted by molar-refractivity contribution is 0.0861. The number of aryl methyl sites for hydroxylation is 1. The first kappa shape index (κ1) is 29.5. The second-order valence-corrected chi connectivity index (χ2v) is 16.4. The molecular weight excluding hydrogens is 614 g/mol. The molecule has 0 spiro atoms. The van der Waals surface area contributed by atoms with E-state index in [-0.39, 0.29) is 18.3 Å². The summed E-state index contributed by atoms with van der Waals surface area (Å²) in [6.45, 7) is 2.79. The molecule has 0 saturated heterocycles. The summed E-state index contributed by atoms with van der Waals surface area (Å²) in [6, 6.07) is 22.4. The molecule has 0 aliphatic rings. The van der Waals surface area contributed by atoms with E-state index in [9.17, 15) is 4.79 Å². The van der Waals surface area contributed by atoms with Gasteiger partial charge in [-0.05, 0) is 91.9 Å². The number of carbonyl (C=O) groups excluding carboxylic acids is 1. The van der Waals surface area contributed by atoms with Crippen molar-refractivity contribution in [1.82, 2.24) is 14.3 Å². The molecule has 0 amide bonds. The highest BCUT2D eigenvalue weighted by Crippen LogP contribution is 2.34. The number of anilines is 1. The van der Waals surface area contributed by atoms with E-state index >= 15 is 0 Å². The average molecular weight is 647 g/mol. The normalized spacial score (nSPS) is 11.9. The maximum absolute atomic E-state index is 13.9. The van der Waals surface area contributed by atoms with Gasteiger partial charge in [0.1, 0.15) is 24.0 Å². The zero-order valence-electron chi connectivity index (χ0n) is 23.9. The number of nitrogen functional groups attached to an aromatic ring is 1. The van der Waals surface area contributed by atoms with Gasteiger partial charge >= 0.3 is 0 Å². The molecule has 42 heavy (non-hydrogen) atoms. The molecule has 0 aliphatic carbocycles. The minimum atomic E-state index is -0.692. The van der Waals surface area contributed by atoms with Crippen LogP contribution in [0.4, 0.5) is 5.82 Å². The average Bonchev–Trinajstić information content (AvgIpc) is 3.50. The van der Waals surface area contributed by atoms with Crippen LogP contribution in [0.1, 0.15) is 27.2 Å². The second-order valence-electron chi connectivity index (χ2n) is 10.9. The molecule has 0 atom stereocenters. The van der Waals surface area contributed by atoms with Crippen molar-refractivity contribution in [2.75, 3.05) is 36.9 Å². The lowest BCUT2D eigenvalue weighted by atomic mass is 10.1. The summed E-state index contributed by atoms with van der Waals surface area (Å²) in [4.78, 5) is 13.9.